The van der Waals surface area contributed by atoms with Crippen molar-refractivity contribution in [1.29, 1.82) is 0 Å². The van der Waals surface area contributed by atoms with Gasteiger partial charge in [-0.3, -0.25) is 15.0 Å². The molecule has 1 heterocycles. The van der Waals surface area contributed by atoms with Gasteiger partial charge >= 0.3 is 6.09 Å². The van der Waals surface area contributed by atoms with Crippen LogP contribution in [0.15, 0.2) is 24.3 Å². The van der Waals surface area contributed by atoms with Crippen LogP contribution in [0.3, 0.4) is 0 Å². The molecular weight excluding hydrogens is 302 g/mol. The van der Waals surface area contributed by atoms with E-state index >= 15 is 0 Å². The zero-order chi connectivity index (χ0) is 16.8. The molecule has 1 unspecified atom stereocenters. The lowest BCUT2D eigenvalue weighted by Crippen LogP contribution is -2.45. The molecule has 8 nitrogen and oxygen atoms in total. The average molecular weight is 321 g/mol. The maximum absolute atomic E-state index is 12.1. The minimum absolute atomic E-state index is 0.0857. The number of benzene rings is 1. The van der Waals surface area contributed by atoms with Crippen LogP contribution < -0.4 is 20.5 Å². The van der Waals surface area contributed by atoms with Crippen molar-refractivity contribution in [3.8, 4) is 5.75 Å². The van der Waals surface area contributed by atoms with Gasteiger partial charge in [0.1, 0.15) is 5.75 Å². The number of rotatable bonds is 4. The molecule has 1 atom stereocenters. The lowest BCUT2D eigenvalue weighted by Gasteiger charge is -2.17. The molecule has 3 amide bonds. The molecule has 0 aromatic heterocycles. The Kier molecular flexibility index (Phi) is 5.40. The number of anilines is 1. The normalized spacial score (nSPS) is 16.9. The first-order valence-corrected chi connectivity index (χ1v) is 7.22. The Morgan fingerprint density at radius 1 is 1.26 bits per heavy atom. The second-order valence-electron chi connectivity index (χ2n) is 4.94. The molecule has 1 aliphatic heterocycles. The molecule has 0 spiro atoms. The maximum atomic E-state index is 12.1. The highest BCUT2D eigenvalue weighted by molar-refractivity contribution is 6.00. The van der Waals surface area contributed by atoms with Crippen LogP contribution >= 0.6 is 0 Å². The molecular formula is C15H19N3O5. The van der Waals surface area contributed by atoms with Crippen molar-refractivity contribution in [2.75, 3.05) is 25.2 Å². The van der Waals surface area contributed by atoms with Gasteiger partial charge in [0.05, 0.1) is 19.6 Å². The molecule has 2 rings (SSSR count). The number of hydrogen-bond donors (Lipinski definition) is 2. The number of carbonyl (C=O) groups is 3. The van der Waals surface area contributed by atoms with Gasteiger partial charge in [0.15, 0.2) is 0 Å². The van der Waals surface area contributed by atoms with Crippen LogP contribution in [0.1, 0.15) is 13.3 Å². The molecule has 8 heteroatoms. The van der Waals surface area contributed by atoms with Crippen molar-refractivity contribution in [2.24, 2.45) is 5.92 Å². The highest BCUT2D eigenvalue weighted by atomic mass is 16.6. The summed E-state index contributed by atoms with van der Waals surface area (Å²) in [6.07, 6.45) is -0.653. The standard InChI is InChI=1S/C15H19N3O5/c1-3-23-15(21)17-16-14(20)10-8-13(19)18(9-10)11-4-6-12(22-2)7-5-11/h4-7,10H,3,8-9H2,1-2H3,(H,16,20)(H,17,21). The van der Waals surface area contributed by atoms with Crippen LogP contribution in [0.25, 0.3) is 0 Å². The minimum Gasteiger partial charge on any atom is -0.497 e. The number of amides is 3. The van der Waals surface area contributed by atoms with Crippen LogP contribution in [0.4, 0.5) is 10.5 Å². The number of nitrogens with zero attached hydrogens (tertiary/aromatic N) is 1. The summed E-state index contributed by atoms with van der Waals surface area (Å²) in [5.41, 5.74) is 5.09. The van der Waals surface area contributed by atoms with Crippen LogP contribution in [0.2, 0.25) is 0 Å². The van der Waals surface area contributed by atoms with Gasteiger partial charge in [0.25, 0.3) is 0 Å². The quantitative estimate of drug-likeness (QED) is 0.801. The summed E-state index contributed by atoms with van der Waals surface area (Å²) in [7, 11) is 1.56. The molecule has 1 aromatic carbocycles. The summed E-state index contributed by atoms with van der Waals surface area (Å²) in [4.78, 5) is 36.8. The predicted molar refractivity (Wildman–Crippen MR) is 81.8 cm³/mol. The summed E-state index contributed by atoms with van der Waals surface area (Å²) in [6.45, 7) is 2.11. The zero-order valence-corrected chi connectivity index (χ0v) is 13.0. The minimum atomic E-state index is -0.739. The fourth-order valence-corrected chi connectivity index (χ4v) is 2.28. The third-order valence-electron chi connectivity index (χ3n) is 3.44. The third-order valence-corrected chi connectivity index (χ3v) is 3.44. The van der Waals surface area contributed by atoms with Gasteiger partial charge in [-0.15, -0.1) is 0 Å². The zero-order valence-electron chi connectivity index (χ0n) is 13.0. The van der Waals surface area contributed by atoms with Gasteiger partial charge in [-0.1, -0.05) is 0 Å². The molecule has 1 aromatic rings. The summed E-state index contributed by atoms with van der Waals surface area (Å²) >= 11 is 0. The van der Waals surface area contributed by atoms with E-state index in [2.05, 4.69) is 15.6 Å². The van der Waals surface area contributed by atoms with E-state index in [0.29, 0.717) is 11.4 Å². The highest BCUT2D eigenvalue weighted by Crippen LogP contribution is 2.26. The SMILES string of the molecule is CCOC(=O)NNC(=O)C1CC(=O)N(c2ccc(OC)cc2)C1. The second kappa shape index (κ2) is 7.48. The lowest BCUT2D eigenvalue weighted by atomic mass is 10.1. The first kappa shape index (κ1) is 16.6. The maximum Gasteiger partial charge on any atom is 0.426 e. The van der Waals surface area contributed by atoms with Crippen molar-refractivity contribution in [3.05, 3.63) is 24.3 Å². The molecule has 0 aliphatic carbocycles. The molecule has 1 saturated heterocycles. The van der Waals surface area contributed by atoms with Crippen LogP contribution in [0.5, 0.6) is 5.75 Å². The van der Waals surface area contributed by atoms with Crippen molar-refractivity contribution in [2.45, 2.75) is 13.3 Å². The van der Waals surface area contributed by atoms with E-state index < -0.39 is 17.9 Å². The molecule has 0 bridgehead atoms. The fourth-order valence-electron chi connectivity index (χ4n) is 2.28. The van der Waals surface area contributed by atoms with Crippen molar-refractivity contribution in [3.63, 3.8) is 0 Å². The van der Waals surface area contributed by atoms with E-state index in [4.69, 9.17) is 4.74 Å². The van der Waals surface area contributed by atoms with E-state index in [-0.39, 0.29) is 25.5 Å². The number of hydrogen-bond acceptors (Lipinski definition) is 5. The highest BCUT2D eigenvalue weighted by Gasteiger charge is 2.35. The molecule has 1 fully saturated rings. The Morgan fingerprint density at radius 3 is 2.57 bits per heavy atom. The number of methoxy groups -OCH3 is 1. The third kappa shape index (κ3) is 4.12. The molecule has 23 heavy (non-hydrogen) atoms. The number of carbonyl (C=O) groups excluding carboxylic acids is 3. The summed E-state index contributed by atoms with van der Waals surface area (Å²) < 4.78 is 9.71. The van der Waals surface area contributed by atoms with Crippen LogP contribution in [-0.2, 0) is 14.3 Å². The molecule has 2 N–H and O–H groups in total. The Balaban J connectivity index is 1.93. The van der Waals surface area contributed by atoms with Crippen molar-refractivity contribution in [1.82, 2.24) is 10.9 Å². The van der Waals surface area contributed by atoms with Gasteiger partial charge in [-0.05, 0) is 31.2 Å². The molecule has 1 aliphatic rings. The van der Waals surface area contributed by atoms with Gasteiger partial charge in [0.2, 0.25) is 11.8 Å². The smallest absolute Gasteiger partial charge is 0.426 e. The fraction of sp³-hybridized carbons (Fsp3) is 0.400. The molecule has 0 saturated carbocycles. The monoisotopic (exact) mass is 321 g/mol. The second-order valence-corrected chi connectivity index (χ2v) is 4.94. The predicted octanol–water partition coefficient (Wildman–Crippen LogP) is 0.825. The van der Waals surface area contributed by atoms with Gasteiger partial charge in [-0.2, -0.15) is 0 Å². The van der Waals surface area contributed by atoms with E-state index in [1.807, 2.05) is 0 Å². The Morgan fingerprint density at radius 2 is 1.96 bits per heavy atom. The molecule has 124 valence electrons. The van der Waals surface area contributed by atoms with Gasteiger partial charge in [0, 0.05) is 18.7 Å². The number of nitrogens with one attached hydrogen (secondary N) is 2. The van der Waals surface area contributed by atoms with Gasteiger partial charge < -0.3 is 14.4 Å². The Hall–Kier alpha value is -2.77. The summed E-state index contributed by atoms with van der Waals surface area (Å²) in [5.74, 6) is -0.422. The van der Waals surface area contributed by atoms with Crippen LogP contribution in [-0.4, -0.2) is 38.2 Å². The summed E-state index contributed by atoms with van der Waals surface area (Å²) in [5, 5.41) is 0. The number of ether oxygens (including phenoxy) is 2. The van der Waals surface area contributed by atoms with E-state index in [1.165, 1.54) is 4.90 Å². The van der Waals surface area contributed by atoms with Gasteiger partial charge in [-0.25, -0.2) is 10.2 Å². The van der Waals surface area contributed by atoms with E-state index in [0.717, 1.165) is 0 Å². The topological polar surface area (TPSA) is 97.0 Å². The lowest BCUT2D eigenvalue weighted by molar-refractivity contribution is -0.127. The average Bonchev–Trinajstić information content (AvgIpc) is 2.95. The van der Waals surface area contributed by atoms with E-state index in [9.17, 15) is 14.4 Å². The summed E-state index contributed by atoms with van der Waals surface area (Å²) in [6, 6.07) is 7.01. The van der Waals surface area contributed by atoms with Crippen LogP contribution in [0, 0.1) is 5.92 Å². The first-order valence-electron chi connectivity index (χ1n) is 7.22. The van der Waals surface area contributed by atoms with E-state index in [1.54, 1.807) is 38.3 Å². The number of hydrazine groups is 1. The van der Waals surface area contributed by atoms with Crippen molar-refractivity contribution < 1.29 is 23.9 Å². The Labute approximate surface area is 133 Å². The largest absolute Gasteiger partial charge is 0.497 e. The van der Waals surface area contributed by atoms with Crippen molar-refractivity contribution >= 4 is 23.6 Å². The Bertz CT molecular complexity index is 587. The molecule has 0 radical (unpaired) electrons. The first-order chi connectivity index (χ1) is 11.0.